The minimum Gasteiger partial charge on any atom is -0.368 e. The molecule has 276 valence electrons. The van der Waals surface area contributed by atoms with Crippen LogP contribution in [0.4, 0.5) is 34.9 Å². The van der Waals surface area contributed by atoms with E-state index in [0.717, 1.165) is 89.4 Å². The topological polar surface area (TPSA) is 266 Å². The van der Waals surface area contributed by atoms with Crippen molar-refractivity contribution in [2.45, 2.75) is 74.0 Å². The number of anilines is 6. The molecule has 1 aromatic carbocycles. The average Bonchev–Trinajstić information content (AvgIpc) is 3.06. The molecule has 0 amide bonds. The normalized spacial score (nSPS) is 32.9. The highest BCUT2D eigenvalue weighted by molar-refractivity contribution is 5.77. The van der Waals surface area contributed by atoms with Crippen molar-refractivity contribution in [2.24, 2.45) is 45.9 Å². The number of piperazine rings is 1. The summed E-state index contributed by atoms with van der Waals surface area (Å²) in [4.78, 5) is 28.5. The molecule has 5 fully saturated rings. The van der Waals surface area contributed by atoms with E-state index in [1.54, 1.807) is 0 Å². The van der Waals surface area contributed by atoms with Crippen molar-refractivity contribution in [3.8, 4) is 0 Å². The Labute approximate surface area is 295 Å². The zero-order chi connectivity index (χ0) is 35.1. The number of nitrogens with two attached hydrogens (primary N) is 8. The Morgan fingerprint density at radius 1 is 0.380 bits per heavy atom. The maximum Gasteiger partial charge on any atom is 0.232 e. The van der Waals surface area contributed by atoms with Crippen LogP contribution in [-0.2, 0) is 0 Å². The molecule has 16 N–H and O–H groups in total. The van der Waals surface area contributed by atoms with E-state index in [4.69, 9.17) is 60.8 Å². The summed E-state index contributed by atoms with van der Waals surface area (Å²) in [6.07, 6.45) is 3.21. The molecular weight excluding hydrogens is 634 g/mol. The molecule has 5 saturated heterocycles. The molecule has 1 aromatic heterocycles. The number of nitrogens with zero attached hydrogens (tertiary/aromatic N) is 9. The summed E-state index contributed by atoms with van der Waals surface area (Å²) in [5.74, 6) is 1.84. The lowest BCUT2D eigenvalue weighted by Gasteiger charge is -2.42. The largest absolute Gasteiger partial charge is 0.368 e. The van der Waals surface area contributed by atoms with E-state index in [0.29, 0.717) is 44.0 Å². The molecule has 17 heteroatoms. The summed E-state index contributed by atoms with van der Waals surface area (Å²) in [5, 5.41) is 0. The monoisotopic (exact) mass is 694 g/mol. The van der Waals surface area contributed by atoms with Gasteiger partial charge in [-0.2, -0.15) is 15.0 Å². The van der Waals surface area contributed by atoms with E-state index >= 15 is 0 Å². The van der Waals surface area contributed by atoms with Crippen molar-refractivity contribution in [2.75, 3.05) is 108 Å². The van der Waals surface area contributed by atoms with Crippen LogP contribution in [0.5, 0.6) is 0 Å². The fraction of sp³-hybridized carbons (Fsp3) is 0.727. The van der Waals surface area contributed by atoms with E-state index in [1.807, 2.05) is 0 Å². The SMILES string of the molecule is NC1CC(N)CN(c2ccc(N3CCN(c4nc(N5CC(N)CC(N)C5)nc(N5CC(N)CC(N)C5)n4)CC3)c(N3CC(N)CC(N)C3)c2)C1. The number of benzene rings is 1. The van der Waals surface area contributed by atoms with Crippen LogP contribution in [0.3, 0.4) is 0 Å². The van der Waals surface area contributed by atoms with Crippen molar-refractivity contribution in [3.63, 3.8) is 0 Å². The van der Waals surface area contributed by atoms with Crippen molar-refractivity contribution in [3.05, 3.63) is 18.2 Å². The van der Waals surface area contributed by atoms with E-state index in [1.165, 1.54) is 5.69 Å². The van der Waals surface area contributed by atoms with Crippen molar-refractivity contribution in [1.29, 1.82) is 0 Å². The number of rotatable bonds is 6. The minimum atomic E-state index is -0.0456. The highest BCUT2D eigenvalue weighted by atomic mass is 15.4. The van der Waals surface area contributed by atoms with Crippen LogP contribution in [0.2, 0.25) is 0 Å². The predicted octanol–water partition coefficient (Wildman–Crippen LogP) is -3.34. The molecule has 0 bridgehead atoms. The van der Waals surface area contributed by atoms with E-state index < -0.39 is 0 Å². The Bertz CT molecular complexity index is 1370. The van der Waals surface area contributed by atoms with Crippen LogP contribution in [0.1, 0.15) is 25.7 Å². The molecule has 0 saturated carbocycles. The van der Waals surface area contributed by atoms with Gasteiger partial charge in [-0.25, -0.2) is 0 Å². The molecule has 0 radical (unpaired) electrons. The molecule has 2 aromatic rings. The standard InChI is InChI=1S/C33H59N17/c34-20-7-21(35)13-47(12-20)28-1-2-29(30(11-28)48-14-22(36)8-23(37)15-48)45-3-5-46(6-4-45)31-42-32(49-16-24(38)9-25(39)17-49)44-33(43-31)50-18-26(40)10-27(41)19-50/h1-2,11,20-27H,3-10,12-19,34-41H2. The van der Waals surface area contributed by atoms with Gasteiger partial charge in [-0.3, -0.25) is 0 Å². The van der Waals surface area contributed by atoms with Gasteiger partial charge in [-0.15, -0.1) is 0 Å². The number of hydrogen-bond donors (Lipinski definition) is 8. The van der Waals surface area contributed by atoms with E-state index in [9.17, 15) is 0 Å². The Balaban J connectivity index is 1.14. The number of aromatic nitrogens is 3. The molecule has 17 nitrogen and oxygen atoms in total. The van der Waals surface area contributed by atoms with Gasteiger partial charge < -0.3 is 75.3 Å². The third-order valence-corrected chi connectivity index (χ3v) is 10.8. The number of hydrogen-bond acceptors (Lipinski definition) is 17. The summed E-state index contributed by atoms with van der Waals surface area (Å²) in [7, 11) is 0. The molecule has 5 aliphatic heterocycles. The van der Waals surface area contributed by atoms with Crippen molar-refractivity contribution < 1.29 is 0 Å². The van der Waals surface area contributed by atoms with Crippen LogP contribution >= 0.6 is 0 Å². The minimum absolute atomic E-state index is 0.0178. The van der Waals surface area contributed by atoms with E-state index in [-0.39, 0.29) is 48.3 Å². The molecule has 0 aliphatic carbocycles. The second-order valence-corrected chi connectivity index (χ2v) is 15.5. The lowest BCUT2D eigenvalue weighted by molar-refractivity contribution is 0.440. The summed E-state index contributed by atoms with van der Waals surface area (Å²) in [6, 6.07) is 6.68. The lowest BCUT2D eigenvalue weighted by atomic mass is 9.99. The molecule has 8 unspecified atom stereocenters. The zero-order valence-corrected chi connectivity index (χ0v) is 29.3. The summed E-state index contributed by atoms with van der Waals surface area (Å²) < 4.78 is 0. The van der Waals surface area contributed by atoms with Gasteiger partial charge in [0.25, 0.3) is 0 Å². The summed E-state index contributed by atoms with van der Waals surface area (Å²) >= 11 is 0. The molecule has 6 heterocycles. The van der Waals surface area contributed by atoms with Gasteiger partial charge in [-0.1, -0.05) is 0 Å². The zero-order valence-electron chi connectivity index (χ0n) is 29.3. The molecular formula is C33H59N17. The molecule has 50 heavy (non-hydrogen) atoms. The maximum absolute atomic E-state index is 6.50. The highest BCUT2D eigenvalue weighted by Gasteiger charge is 2.32. The molecule has 8 atom stereocenters. The Kier molecular flexibility index (Phi) is 10.4. The van der Waals surface area contributed by atoms with Crippen LogP contribution in [-0.4, -0.2) is 142 Å². The second-order valence-electron chi connectivity index (χ2n) is 15.5. The molecule has 0 spiro atoms. The van der Waals surface area contributed by atoms with Gasteiger partial charge in [0.15, 0.2) is 0 Å². The summed E-state index contributed by atoms with van der Waals surface area (Å²) in [5.41, 5.74) is 54.8. The third-order valence-electron chi connectivity index (χ3n) is 10.8. The third kappa shape index (κ3) is 7.94. The van der Waals surface area contributed by atoms with Gasteiger partial charge in [-0.05, 0) is 43.9 Å². The molecule has 5 aliphatic rings. The van der Waals surface area contributed by atoms with E-state index in [2.05, 4.69) is 47.6 Å². The first-order valence-electron chi connectivity index (χ1n) is 18.4. The van der Waals surface area contributed by atoms with Gasteiger partial charge in [0, 0.05) is 133 Å². The Hall–Kier alpha value is -3.29. The Morgan fingerprint density at radius 3 is 1.14 bits per heavy atom. The fourth-order valence-electron chi connectivity index (χ4n) is 8.59. The Morgan fingerprint density at radius 2 is 0.720 bits per heavy atom. The van der Waals surface area contributed by atoms with Crippen LogP contribution < -0.4 is 75.3 Å². The lowest BCUT2D eigenvalue weighted by Crippen LogP contribution is -2.54. The van der Waals surface area contributed by atoms with Crippen molar-refractivity contribution in [1.82, 2.24) is 15.0 Å². The van der Waals surface area contributed by atoms with Crippen LogP contribution in [0, 0.1) is 0 Å². The highest BCUT2D eigenvalue weighted by Crippen LogP contribution is 2.37. The molecule has 7 rings (SSSR count). The second kappa shape index (κ2) is 14.7. The quantitative estimate of drug-likeness (QED) is 0.147. The van der Waals surface area contributed by atoms with Crippen LogP contribution in [0.25, 0.3) is 0 Å². The van der Waals surface area contributed by atoms with Crippen molar-refractivity contribution >= 4 is 34.9 Å². The van der Waals surface area contributed by atoms with Gasteiger partial charge in [0.2, 0.25) is 17.8 Å². The predicted molar refractivity (Wildman–Crippen MR) is 202 cm³/mol. The average molecular weight is 694 g/mol. The first-order chi connectivity index (χ1) is 24.0. The maximum atomic E-state index is 6.50. The smallest absolute Gasteiger partial charge is 0.232 e. The van der Waals surface area contributed by atoms with Gasteiger partial charge >= 0.3 is 0 Å². The summed E-state index contributed by atoms with van der Waals surface area (Å²) in [6.45, 7) is 8.68. The van der Waals surface area contributed by atoms with Gasteiger partial charge in [0.05, 0.1) is 11.4 Å². The fourth-order valence-corrected chi connectivity index (χ4v) is 8.59. The van der Waals surface area contributed by atoms with Crippen LogP contribution in [0.15, 0.2) is 18.2 Å². The first-order valence-corrected chi connectivity index (χ1v) is 18.4. The first kappa shape index (κ1) is 35.1. The number of piperidine rings is 4. The van der Waals surface area contributed by atoms with Gasteiger partial charge in [0.1, 0.15) is 0 Å².